The summed E-state index contributed by atoms with van der Waals surface area (Å²) in [5.74, 6) is -4.44. The Bertz CT molecular complexity index is 568. The van der Waals surface area contributed by atoms with Crippen LogP contribution < -0.4 is 5.32 Å². The molecule has 1 fully saturated rings. The maximum Gasteiger partial charge on any atom is 0.393 e. The molecule has 4 nitrogen and oxygen atoms in total. The first kappa shape index (κ1) is 16.3. The van der Waals surface area contributed by atoms with Crippen molar-refractivity contribution in [1.29, 1.82) is 0 Å². The average molecular weight is 315 g/mol. The van der Waals surface area contributed by atoms with Crippen molar-refractivity contribution in [3.63, 3.8) is 0 Å². The third-order valence-corrected chi connectivity index (χ3v) is 3.72. The van der Waals surface area contributed by atoms with E-state index in [1.807, 2.05) is 6.92 Å². The predicted octanol–water partition coefficient (Wildman–Crippen LogP) is 2.62. The highest BCUT2D eigenvalue weighted by Gasteiger charge is 2.56. The highest BCUT2D eigenvalue weighted by Crippen LogP contribution is 2.44. The van der Waals surface area contributed by atoms with E-state index in [9.17, 15) is 27.9 Å². The molecule has 3 atom stereocenters. The second kappa shape index (κ2) is 5.98. The van der Waals surface area contributed by atoms with Crippen LogP contribution in [0.5, 0.6) is 0 Å². The summed E-state index contributed by atoms with van der Waals surface area (Å²) in [5, 5.41) is 11.5. The van der Waals surface area contributed by atoms with Gasteiger partial charge in [0, 0.05) is 12.5 Å². The van der Waals surface area contributed by atoms with Gasteiger partial charge in [-0.3, -0.25) is 9.59 Å². The quantitative estimate of drug-likeness (QED) is 0.878. The molecule has 0 spiro atoms. The molecule has 0 aliphatic heterocycles. The fraction of sp³-hybridized carbons (Fsp3) is 0.467. The van der Waals surface area contributed by atoms with E-state index in [1.165, 1.54) is 0 Å². The van der Waals surface area contributed by atoms with Crippen molar-refractivity contribution in [2.45, 2.75) is 37.9 Å². The number of rotatable bonds is 5. The van der Waals surface area contributed by atoms with Gasteiger partial charge < -0.3 is 10.4 Å². The number of hydrogen-bond donors (Lipinski definition) is 2. The Morgan fingerprint density at radius 3 is 2.36 bits per heavy atom. The van der Waals surface area contributed by atoms with Crippen LogP contribution in [0.3, 0.4) is 0 Å². The highest BCUT2D eigenvalue weighted by atomic mass is 19.4. The number of nitrogens with one attached hydrogen (secondary N) is 1. The molecule has 7 heteroatoms. The zero-order valence-electron chi connectivity index (χ0n) is 11.9. The molecule has 0 heterocycles. The van der Waals surface area contributed by atoms with Crippen molar-refractivity contribution in [2.75, 3.05) is 0 Å². The maximum atomic E-state index is 12.4. The van der Waals surface area contributed by atoms with Crippen LogP contribution >= 0.6 is 0 Å². The van der Waals surface area contributed by atoms with Crippen LogP contribution in [-0.4, -0.2) is 29.2 Å². The number of aryl methyl sites for hydroxylation is 1. The Balaban J connectivity index is 1.96. The average Bonchev–Trinajstić information content (AvgIpc) is 3.16. The summed E-state index contributed by atoms with van der Waals surface area (Å²) in [6, 6.07) is 5.74. The number of halogens is 3. The van der Waals surface area contributed by atoms with Gasteiger partial charge in [-0.05, 0) is 18.9 Å². The fourth-order valence-corrected chi connectivity index (χ4v) is 2.31. The first-order valence-electron chi connectivity index (χ1n) is 6.84. The third kappa shape index (κ3) is 3.99. The first-order chi connectivity index (χ1) is 10.2. The minimum Gasteiger partial charge on any atom is -0.481 e. The third-order valence-electron chi connectivity index (χ3n) is 3.72. The molecule has 0 saturated heterocycles. The molecule has 1 saturated carbocycles. The van der Waals surface area contributed by atoms with E-state index in [4.69, 9.17) is 0 Å². The number of benzene rings is 1. The molecule has 1 aliphatic carbocycles. The van der Waals surface area contributed by atoms with E-state index in [0.29, 0.717) is 5.56 Å². The van der Waals surface area contributed by atoms with Crippen LogP contribution in [0.4, 0.5) is 13.2 Å². The van der Waals surface area contributed by atoms with Gasteiger partial charge in [0.1, 0.15) is 0 Å². The number of hydrogen-bond acceptors (Lipinski definition) is 2. The number of carbonyl (C=O) groups is 2. The van der Waals surface area contributed by atoms with Gasteiger partial charge in [-0.25, -0.2) is 0 Å². The van der Waals surface area contributed by atoms with E-state index in [1.54, 1.807) is 24.3 Å². The SMILES string of the molecule is Cc1ccc(C(CC(=O)N[C@@H]2C[C@H]2C(F)(F)F)C(=O)O)cc1. The zero-order chi connectivity index (χ0) is 16.5. The van der Waals surface area contributed by atoms with Gasteiger partial charge in [0.25, 0.3) is 0 Å². The molecule has 1 aromatic carbocycles. The molecule has 1 unspecified atom stereocenters. The second-order valence-corrected chi connectivity index (χ2v) is 5.56. The van der Waals surface area contributed by atoms with E-state index >= 15 is 0 Å². The lowest BCUT2D eigenvalue weighted by Crippen LogP contribution is -2.32. The van der Waals surface area contributed by atoms with Gasteiger partial charge in [-0.1, -0.05) is 29.8 Å². The molecule has 0 radical (unpaired) electrons. The van der Waals surface area contributed by atoms with Crippen molar-refractivity contribution in [1.82, 2.24) is 5.32 Å². The highest BCUT2D eigenvalue weighted by molar-refractivity contribution is 5.86. The Morgan fingerprint density at radius 1 is 1.32 bits per heavy atom. The molecule has 2 N–H and O–H groups in total. The molecule has 0 bridgehead atoms. The largest absolute Gasteiger partial charge is 0.481 e. The summed E-state index contributed by atoms with van der Waals surface area (Å²) in [6.45, 7) is 1.84. The number of amides is 1. The van der Waals surface area contributed by atoms with Gasteiger partial charge in [-0.15, -0.1) is 0 Å². The zero-order valence-corrected chi connectivity index (χ0v) is 11.9. The van der Waals surface area contributed by atoms with E-state index in [0.717, 1.165) is 5.56 Å². The lowest BCUT2D eigenvalue weighted by Gasteiger charge is -2.13. The van der Waals surface area contributed by atoms with E-state index < -0.39 is 35.9 Å². The molecule has 1 aromatic rings. The molecular weight excluding hydrogens is 299 g/mol. The smallest absolute Gasteiger partial charge is 0.393 e. The topological polar surface area (TPSA) is 66.4 Å². The monoisotopic (exact) mass is 315 g/mol. The van der Waals surface area contributed by atoms with Crippen molar-refractivity contribution >= 4 is 11.9 Å². The fourth-order valence-electron chi connectivity index (χ4n) is 2.31. The minimum atomic E-state index is -4.32. The summed E-state index contributed by atoms with van der Waals surface area (Å²) >= 11 is 0. The van der Waals surface area contributed by atoms with E-state index in [-0.39, 0.29) is 12.8 Å². The van der Waals surface area contributed by atoms with Crippen LogP contribution in [0.2, 0.25) is 0 Å². The normalized spacial score (nSPS) is 22.0. The van der Waals surface area contributed by atoms with Crippen molar-refractivity contribution in [3.8, 4) is 0 Å². The molecule has 2 rings (SSSR count). The van der Waals surface area contributed by atoms with E-state index in [2.05, 4.69) is 5.32 Å². The lowest BCUT2D eigenvalue weighted by molar-refractivity contribution is -0.150. The predicted molar refractivity (Wildman–Crippen MR) is 72.3 cm³/mol. The van der Waals surface area contributed by atoms with Crippen molar-refractivity contribution in [3.05, 3.63) is 35.4 Å². The van der Waals surface area contributed by atoms with Crippen molar-refractivity contribution in [2.24, 2.45) is 5.92 Å². The Kier molecular flexibility index (Phi) is 4.44. The molecule has 1 amide bonds. The molecule has 22 heavy (non-hydrogen) atoms. The summed E-state index contributed by atoms with van der Waals surface area (Å²) in [7, 11) is 0. The first-order valence-corrected chi connectivity index (χ1v) is 6.84. The van der Waals surface area contributed by atoms with Gasteiger partial charge >= 0.3 is 12.1 Å². The Morgan fingerprint density at radius 2 is 1.91 bits per heavy atom. The second-order valence-electron chi connectivity index (χ2n) is 5.56. The van der Waals surface area contributed by atoms with Gasteiger partial charge in [-0.2, -0.15) is 13.2 Å². The maximum absolute atomic E-state index is 12.4. The summed E-state index contributed by atoms with van der Waals surface area (Å²) in [4.78, 5) is 23.1. The Hall–Kier alpha value is -2.05. The number of alkyl halides is 3. The molecular formula is C15H16F3NO3. The summed E-state index contributed by atoms with van der Waals surface area (Å²) in [5.41, 5.74) is 1.40. The molecule has 120 valence electrons. The molecule has 0 aromatic heterocycles. The standard InChI is InChI=1S/C15H16F3NO3/c1-8-2-4-9(5-3-8)10(14(21)22)6-13(20)19-12-7-11(12)15(16,17)18/h2-5,10-12H,6-7H2,1H3,(H,19,20)(H,21,22)/t10?,11-,12-/m1/s1. The van der Waals surface area contributed by atoms with Crippen molar-refractivity contribution < 1.29 is 27.9 Å². The van der Waals surface area contributed by atoms with Crippen LogP contribution in [0.25, 0.3) is 0 Å². The number of carboxylic acid groups (broad SMARTS) is 1. The Labute approximate surface area is 125 Å². The number of carboxylic acids is 1. The van der Waals surface area contributed by atoms with Crippen LogP contribution in [0, 0.1) is 12.8 Å². The van der Waals surface area contributed by atoms with Crippen LogP contribution in [0.15, 0.2) is 24.3 Å². The van der Waals surface area contributed by atoms with Gasteiger partial charge in [0.05, 0.1) is 11.8 Å². The minimum absolute atomic E-state index is 0.141. The van der Waals surface area contributed by atoms with Crippen LogP contribution in [-0.2, 0) is 9.59 Å². The lowest BCUT2D eigenvalue weighted by atomic mass is 9.94. The number of aliphatic carboxylic acids is 1. The van der Waals surface area contributed by atoms with Gasteiger partial charge in [0.15, 0.2) is 0 Å². The number of carbonyl (C=O) groups excluding carboxylic acids is 1. The van der Waals surface area contributed by atoms with Crippen LogP contribution in [0.1, 0.15) is 29.9 Å². The summed E-state index contributed by atoms with van der Waals surface area (Å²) in [6.07, 6.45) is -4.84. The summed E-state index contributed by atoms with van der Waals surface area (Å²) < 4.78 is 37.2. The van der Waals surface area contributed by atoms with Gasteiger partial charge in [0.2, 0.25) is 5.91 Å². The molecule has 1 aliphatic rings.